The number of fused-ring (bicyclic) bond motifs is 1. The van der Waals surface area contributed by atoms with Gasteiger partial charge in [0.25, 0.3) is 5.91 Å². The first kappa shape index (κ1) is 15.8. The fourth-order valence-electron chi connectivity index (χ4n) is 3.38. The van der Waals surface area contributed by atoms with E-state index in [-0.39, 0.29) is 12.5 Å². The van der Waals surface area contributed by atoms with Gasteiger partial charge in [0.15, 0.2) is 0 Å². The Balaban J connectivity index is 1.54. The number of aromatic nitrogens is 5. The highest BCUT2D eigenvalue weighted by Gasteiger charge is 2.36. The van der Waals surface area contributed by atoms with Crippen LogP contribution in [0.1, 0.15) is 28.9 Å². The maximum atomic E-state index is 12.8. The minimum Gasteiger partial charge on any atom is -0.386 e. The average Bonchev–Trinajstić information content (AvgIpc) is 3.22. The molecule has 3 aromatic rings. The standard InChI is InChI=1S/C17H20N6O2/c1-13-3-7-21-10-14(19-15(21)9-13)16(24)22-6-2-4-17(25,11-22)12-23-8-5-18-20-23/h3,5,7-10,25H,2,4,6,11-12H2,1H3. The first-order valence-electron chi connectivity index (χ1n) is 8.34. The van der Waals surface area contributed by atoms with E-state index in [4.69, 9.17) is 0 Å². The van der Waals surface area contributed by atoms with Crippen molar-refractivity contribution in [1.82, 2.24) is 29.3 Å². The Hall–Kier alpha value is -2.74. The molecule has 8 nitrogen and oxygen atoms in total. The summed E-state index contributed by atoms with van der Waals surface area (Å²) >= 11 is 0. The van der Waals surface area contributed by atoms with Crippen molar-refractivity contribution in [3.63, 3.8) is 0 Å². The van der Waals surface area contributed by atoms with Gasteiger partial charge in [-0.15, -0.1) is 5.10 Å². The van der Waals surface area contributed by atoms with Gasteiger partial charge in [0.2, 0.25) is 0 Å². The lowest BCUT2D eigenvalue weighted by Gasteiger charge is -2.38. The molecule has 1 aliphatic heterocycles. The summed E-state index contributed by atoms with van der Waals surface area (Å²) in [5, 5.41) is 18.5. The van der Waals surface area contributed by atoms with Crippen molar-refractivity contribution in [3.8, 4) is 0 Å². The Morgan fingerprint density at radius 2 is 2.28 bits per heavy atom. The van der Waals surface area contributed by atoms with Gasteiger partial charge < -0.3 is 14.4 Å². The zero-order valence-corrected chi connectivity index (χ0v) is 14.0. The quantitative estimate of drug-likeness (QED) is 0.765. The number of aryl methyl sites for hydroxylation is 1. The molecule has 0 saturated carbocycles. The summed E-state index contributed by atoms with van der Waals surface area (Å²) in [5.41, 5.74) is 1.24. The number of likely N-dealkylation sites (tertiary alicyclic amines) is 1. The molecule has 1 N–H and O–H groups in total. The zero-order valence-electron chi connectivity index (χ0n) is 14.0. The van der Waals surface area contributed by atoms with Gasteiger partial charge in [0, 0.05) is 25.1 Å². The predicted molar refractivity (Wildman–Crippen MR) is 90.0 cm³/mol. The number of pyridine rings is 1. The summed E-state index contributed by atoms with van der Waals surface area (Å²) < 4.78 is 3.44. The molecule has 25 heavy (non-hydrogen) atoms. The molecule has 1 atom stereocenters. The number of carbonyl (C=O) groups is 1. The Labute approximate surface area is 144 Å². The third-order valence-electron chi connectivity index (χ3n) is 4.61. The summed E-state index contributed by atoms with van der Waals surface area (Å²) in [5.74, 6) is -0.155. The molecular formula is C17H20N6O2. The first-order valence-corrected chi connectivity index (χ1v) is 8.34. The van der Waals surface area contributed by atoms with Crippen LogP contribution in [0.5, 0.6) is 0 Å². The van der Waals surface area contributed by atoms with Crippen LogP contribution in [0.3, 0.4) is 0 Å². The highest BCUT2D eigenvalue weighted by atomic mass is 16.3. The van der Waals surface area contributed by atoms with Crippen molar-refractivity contribution in [2.24, 2.45) is 0 Å². The van der Waals surface area contributed by atoms with Crippen LogP contribution < -0.4 is 0 Å². The highest BCUT2D eigenvalue weighted by molar-refractivity contribution is 5.93. The third-order valence-corrected chi connectivity index (χ3v) is 4.61. The Kier molecular flexibility index (Phi) is 3.76. The van der Waals surface area contributed by atoms with Crippen LogP contribution >= 0.6 is 0 Å². The van der Waals surface area contributed by atoms with E-state index in [0.29, 0.717) is 25.2 Å². The molecule has 0 bridgehead atoms. The van der Waals surface area contributed by atoms with Gasteiger partial charge in [-0.3, -0.25) is 4.79 Å². The molecule has 0 aromatic carbocycles. The molecule has 1 amide bonds. The molecular weight excluding hydrogens is 320 g/mol. The minimum atomic E-state index is -1.00. The van der Waals surface area contributed by atoms with Gasteiger partial charge in [-0.05, 0) is 37.5 Å². The molecule has 8 heteroatoms. The summed E-state index contributed by atoms with van der Waals surface area (Å²) in [6.07, 6.45) is 8.29. The number of nitrogens with zero attached hydrogens (tertiary/aromatic N) is 6. The van der Waals surface area contributed by atoms with Crippen molar-refractivity contribution in [3.05, 3.63) is 48.2 Å². The molecule has 0 aliphatic carbocycles. The Morgan fingerprint density at radius 3 is 3.08 bits per heavy atom. The van der Waals surface area contributed by atoms with Crippen LogP contribution in [0.25, 0.3) is 5.65 Å². The molecule has 1 saturated heterocycles. The van der Waals surface area contributed by atoms with Crippen LogP contribution in [0.15, 0.2) is 36.9 Å². The van der Waals surface area contributed by atoms with Gasteiger partial charge in [0.1, 0.15) is 16.9 Å². The van der Waals surface area contributed by atoms with E-state index in [1.807, 2.05) is 29.7 Å². The monoisotopic (exact) mass is 340 g/mol. The maximum absolute atomic E-state index is 12.8. The molecule has 4 rings (SSSR count). The van der Waals surface area contributed by atoms with Crippen LogP contribution in [0.4, 0.5) is 0 Å². The van der Waals surface area contributed by atoms with Crippen molar-refractivity contribution in [1.29, 1.82) is 0 Å². The summed E-state index contributed by atoms with van der Waals surface area (Å²) in [4.78, 5) is 19.0. The van der Waals surface area contributed by atoms with E-state index < -0.39 is 5.60 Å². The van der Waals surface area contributed by atoms with Gasteiger partial charge in [-0.25, -0.2) is 9.67 Å². The zero-order chi connectivity index (χ0) is 17.4. The number of amides is 1. The van der Waals surface area contributed by atoms with Gasteiger partial charge in [-0.2, -0.15) is 0 Å². The average molecular weight is 340 g/mol. The second-order valence-electron chi connectivity index (χ2n) is 6.75. The fraction of sp³-hybridized carbons (Fsp3) is 0.412. The summed E-state index contributed by atoms with van der Waals surface area (Å²) in [6, 6.07) is 3.91. The lowest BCUT2D eigenvalue weighted by atomic mass is 9.92. The van der Waals surface area contributed by atoms with Gasteiger partial charge in [-0.1, -0.05) is 5.21 Å². The van der Waals surface area contributed by atoms with Gasteiger partial charge in [0.05, 0.1) is 19.3 Å². The Morgan fingerprint density at radius 1 is 1.40 bits per heavy atom. The number of piperidine rings is 1. The molecule has 4 heterocycles. The maximum Gasteiger partial charge on any atom is 0.274 e. The van der Waals surface area contributed by atoms with Crippen LogP contribution in [0, 0.1) is 6.92 Å². The molecule has 1 unspecified atom stereocenters. The van der Waals surface area contributed by atoms with Crippen molar-refractivity contribution in [2.75, 3.05) is 13.1 Å². The molecule has 1 aliphatic rings. The van der Waals surface area contributed by atoms with Gasteiger partial charge >= 0.3 is 0 Å². The van der Waals surface area contributed by atoms with E-state index in [0.717, 1.165) is 17.6 Å². The number of carbonyl (C=O) groups excluding carboxylic acids is 1. The van der Waals surface area contributed by atoms with Crippen LogP contribution in [0.2, 0.25) is 0 Å². The smallest absolute Gasteiger partial charge is 0.274 e. The molecule has 1 fully saturated rings. The second kappa shape index (κ2) is 5.96. The minimum absolute atomic E-state index is 0.155. The van der Waals surface area contributed by atoms with Crippen molar-refractivity contribution >= 4 is 11.6 Å². The lowest BCUT2D eigenvalue weighted by Crippen LogP contribution is -2.52. The van der Waals surface area contributed by atoms with Crippen molar-refractivity contribution in [2.45, 2.75) is 31.9 Å². The number of imidazole rings is 1. The van der Waals surface area contributed by atoms with E-state index in [2.05, 4.69) is 15.3 Å². The molecule has 0 spiro atoms. The number of hydrogen-bond acceptors (Lipinski definition) is 5. The van der Waals surface area contributed by atoms with Crippen LogP contribution in [-0.2, 0) is 6.54 Å². The third kappa shape index (κ3) is 3.12. The number of rotatable bonds is 3. The highest BCUT2D eigenvalue weighted by Crippen LogP contribution is 2.24. The molecule has 3 aromatic heterocycles. The van der Waals surface area contributed by atoms with Crippen molar-refractivity contribution < 1.29 is 9.90 Å². The predicted octanol–water partition coefficient (Wildman–Crippen LogP) is 0.902. The number of β-amino-alcohol motifs (C(OH)–C–C–N with tert-alkyl or cyclic N) is 1. The van der Waals surface area contributed by atoms with E-state index >= 15 is 0 Å². The summed E-state index contributed by atoms with van der Waals surface area (Å²) in [7, 11) is 0. The first-order chi connectivity index (χ1) is 12.0. The normalized spacial score (nSPS) is 21.0. The number of hydrogen-bond donors (Lipinski definition) is 1. The summed E-state index contributed by atoms with van der Waals surface area (Å²) in [6.45, 7) is 3.19. The lowest BCUT2D eigenvalue weighted by molar-refractivity contribution is -0.0388. The second-order valence-corrected chi connectivity index (χ2v) is 6.75. The largest absolute Gasteiger partial charge is 0.386 e. The topological polar surface area (TPSA) is 88.5 Å². The SMILES string of the molecule is Cc1ccn2cc(C(=O)N3CCCC(O)(Cn4ccnn4)C3)nc2c1. The molecule has 130 valence electrons. The number of aliphatic hydroxyl groups is 1. The van der Waals surface area contributed by atoms with E-state index in [9.17, 15) is 9.90 Å². The van der Waals surface area contributed by atoms with E-state index in [1.54, 1.807) is 28.2 Å². The Bertz CT molecular complexity index is 903. The molecule has 0 radical (unpaired) electrons. The van der Waals surface area contributed by atoms with E-state index in [1.165, 1.54) is 0 Å². The van der Waals surface area contributed by atoms with Crippen LogP contribution in [-0.4, -0.2) is 59.0 Å². The fourth-order valence-corrected chi connectivity index (χ4v) is 3.38.